The van der Waals surface area contributed by atoms with Crippen molar-refractivity contribution >= 4 is 23.1 Å². The SMILES string of the molecule is c1ccc2c(c1)Nc1ccc3c(c1S2)OCCO3. The Balaban J connectivity index is 1.86. The molecule has 1 N–H and O–H groups in total. The Morgan fingerprint density at radius 3 is 2.83 bits per heavy atom. The molecule has 0 bridgehead atoms. The minimum absolute atomic E-state index is 0.617. The fourth-order valence-electron chi connectivity index (χ4n) is 2.20. The monoisotopic (exact) mass is 257 g/mol. The molecule has 2 heterocycles. The molecular formula is C14H11NO2S. The molecule has 2 aromatic rings. The summed E-state index contributed by atoms with van der Waals surface area (Å²) in [6.07, 6.45) is 0. The Kier molecular flexibility index (Phi) is 2.17. The number of rotatable bonds is 0. The average Bonchev–Trinajstić information content (AvgIpc) is 2.45. The summed E-state index contributed by atoms with van der Waals surface area (Å²) in [5.74, 6) is 1.71. The van der Waals surface area contributed by atoms with Crippen LogP contribution in [-0.2, 0) is 0 Å². The highest BCUT2D eigenvalue weighted by molar-refractivity contribution is 7.99. The summed E-state index contributed by atoms with van der Waals surface area (Å²) in [6, 6.07) is 12.3. The summed E-state index contributed by atoms with van der Waals surface area (Å²) in [6.45, 7) is 1.24. The third-order valence-corrected chi connectivity index (χ3v) is 4.22. The van der Waals surface area contributed by atoms with Gasteiger partial charge in [0.2, 0.25) is 0 Å². The highest BCUT2D eigenvalue weighted by Crippen LogP contribution is 2.51. The van der Waals surface area contributed by atoms with E-state index in [1.165, 1.54) is 4.90 Å². The van der Waals surface area contributed by atoms with Crippen molar-refractivity contribution in [2.24, 2.45) is 0 Å². The van der Waals surface area contributed by atoms with Gasteiger partial charge in [0.05, 0.1) is 16.3 Å². The lowest BCUT2D eigenvalue weighted by atomic mass is 10.2. The molecule has 2 aromatic carbocycles. The van der Waals surface area contributed by atoms with Crippen LogP contribution in [0.2, 0.25) is 0 Å². The van der Waals surface area contributed by atoms with E-state index >= 15 is 0 Å². The number of benzene rings is 2. The van der Waals surface area contributed by atoms with E-state index in [4.69, 9.17) is 9.47 Å². The lowest BCUT2D eigenvalue weighted by Gasteiger charge is -2.26. The molecule has 0 atom stereocenters. The van der Waals surface area contributed by atoms with Crippen molar-refractivity contribution in [1.29, 1.82) is 0 Å². The van der Waals surface area contributed by atoms with Crippen LogP contribution in [0.4, 0.5) is 11.4 Å². The number of nitrogens with one attached hydrogen (secondary N) is 1. The van der Waals surface area contributed by atoms with Gasteiger partial charge in [-0.1, -0.05) is 23.9 Å². The number of anilines is 2. The van der Waals surface area contributed by atoms with Crippen molar-refractivity contribution in [3.05, 3.63) is 36.4 Å². The third-order valence-electron chi connectivity index (χ3n) is 3.03. The van der Waals surface area contributed by atoms with Gasteiger partial charge in [-0.2, -0.15) is 0 Å². The first-order valence-corrected chi connectivity index (χ1v) is 6.70. The second kappa shape index (κ2) is 3.85. The predicted octanol–water partition coefficient (Wildman–Crippen LogP) is 3.67. The second-order valence-corrected chi connectivity index (χ2v) is 5.24. The molecule has 18 heavy (non-hydrogen) atoms. The van der Waals surface area contributed by atoms with Crippen molar-refractivity contribution in [3.8, 4) is 11.5 Å². The van der Waals surface area contributed by atoms with Gasteiger partial charge >= 0.3 is 0 Å². The third kappa shape index (κ3) is 1.46. The van der Waals surface area contributed by atoms with Crippen LogP contribution in [0, 0.1) is 0 Å². The van der Waals surface area contributed by atoms with Crippen LogP contribution in [0.15, 0.2) is 46.2 Å². The lowest BCUT2D eigenvalue weighted by Crippen LogP contribution is -2.16. The van der Waals surface area contributed by atoms with E-state index < -0.39 is 0 Å². The summed E-state index contributed by atoms with van der Waals surface area (Å²) >= 11 is 1.73. The average molecular weight is 257 g/mol. The fraction of sp³-hybridized carbons (Fsp3) is 0.143. The smallest absolute Gasteiger partial charge is 0.177 e. The molecule has 2 aliphatic heterocycles. The molecule has 2 aliphatic rings. The second-order valence-electron chi connectivity index (χ2n) is 4.19. The Morgan fingerprint density at radius 2 is 1.83 bits per heavy atom. The molecule has 0 fully saturated rings. The van der Waals surface area contributed by atoms with Crippen LogP contribution in [0.5, 0.6) is 11.5 Å². The first-order chi connectivity index (χ1) is 8.92. The fourth-order valence-corrected chi connectivity index (χ4v) is 3.28. The molecule has 0 aliphatic carbocycles. The molecule has 4 rings (SSSR count). The van der Waals surface area contributed by atoms with E-state index in [0.717, 1.165) is 27.8 Å². The van der Waals surface area contributed by atoms with Gasteiger partial charge in [-0.05, 0) is 24.3 Å². The molecule has 0 spiro atoms. The summed E-state index contributed by atoms with van der Waals surface area (Å²) < 4.78 is 11.4. The summed E-state index contributed by atoms with van der Waals surface area (Å²) in [5, 5.41) is 3.43. The Hall–Kier alpha value is -1.81. The van der Waals surface area contributed by atoms with Gasteiger partial charge in [0, 0.05) is 4.90 Å². The maximum absolute atomic E-state index is 5.75. The molecular weight excluding hydrogens is 246 g/mol. The summed E-state index contributed by atoms with van der Waals surface area (Å²) in [7, 11) is 0. The van der Waals surface area contributed by atoms with Crippen LogP contribution in [0.1, 0.15) is 0 Å². The van der Waals surface area contributed by atoms with E-state index in [2.05, 4.69) is 17.4 Å². The minimum Gasteiger partial charge on any atom is -0.486 e. The number of ether oxygens (including phenoxy) is 2. The van der Waals surface area contributed by atoms with Gasteiger partial charge in [0.1, 0.15) is 13.2 Å². The minimum atomic E-state index is 0.617. The van der Waals surface area contributed by atoms with Gasteiger partial charge in [0.25, 0.3) is 0 Å². The summed E-state index contributed by atoms with van der Waals surface area (Å²) in [5.41, 5.74) is 2.23. The van der Waals surface area contributed by atoms with E-state index in [1.807, 2.05) is 24.3 Å². The van der Waals surface area contributed by atoms with Crippen LogP contribution >= 0.6 is 11.8 Å². The molecule has 3 nitrogen and oxygen atoms in total. The number of para-hydroxylation sites is 1. The molecule has 0 saturated heterocycles. The zero-order valence-corrected chi connectivity index (χ0v) is 10.4. The molecule has 0 radical (unpaired) electrons. The highest BCUT2D eigenvalue weighted by Gasteiger charge is 2.24. The van der Waals surface area contributed by atoms with E-state index in [0.29, 0.717) is 13.2 Å². The van der Waals surface area contributed by atoms with E-state index in [1.54, 1.807) is 11.8 Å². The first-order valence-electron chi connectivity index (χ1n) is 5.88. The quantitative estimate of drug-likeness (QED) is 0.665. The Morgan fingerprint density at radius 1 is 0.944 bits per heavy atom. The molecule has 0 amide bonds. The molecule has 4 heteroatoms. The zero-order valence-electron chi connectivity index (χ0n) is 9.60. The van der Waals surface area contributed by atoms with Gasteiger partial charge in [-0.15, -0.1) is 0 Å². The van der Waals surface area contributed by atoms with Gasteiger partial charge in [-0.3, -0.25) is 0 Å². The van der Waals surface area contributed by atoms with Crippen LogP contribution < -0.4 is 14.8 Å². The standard InChI is InChI=1S/C14H11NO2S/c1-2-4-12-9(3-1)15-10-5-6-11-13(14(10)18-12)17-8-7-16-11/h1-6,15H,7-8H2. The molecule has 0 unspecified atom stereocenters. The van der Waals surface area contributed by atoms with Gasteiger partial charge in [0.15, 0.2) is 11.5 Å². The number of hydrogen-bond acceptors (Lipinski definition) is 4. The maximum Gasteiger partial charge on any atom is 0.177 e. The molecule has 0 aromatic heterocycles. The largest absolute Gasteiger partial charge is 0.486 e. The number of fused-ring (bicyclic) bond motifs is 4. The van der Waals surface area contributed by atoms with Gasteiger partial charge < -0.3 is 14.8 Å². The van der Waals surface area contributed by atoms with Crippen molar-refractivity contribution in [3.63, 3.8) is 0 Å². The first kappa shape index (κ1) is 10.1. The Bertz CT molecular complexity index is 627. The van der Waals surface area contributed by atoms with Crippen molar-refractivity contribution in [2.75, 3.05) is 18.5 Å². The topological polar surface area (TPSA) is 30.5 Å². The number of hydrogen-bond donors (Lipinski definition) is 1. The van der Waals surface area contributed by atoms with Crippen LogP contribution in [0.3, 0.4) is 0 Å². The summed E-state index contributed by atoms with van der Waals surface area (Å²) in [4.78, 5) is 2.33. The molecule has 0 saturated carbocycles. The lowest BCUT2D eigenvalue weighted by molar-refractivity contribution is 0.167. The van der Waals surface area contributed by atoms with Crippen LogP contribution in [0.25, 0.3) is 0 Å². The zero-order chi connectivity index (χ0) is 11.9. The van der Waals surface area contributed by atoms with E-state index in [-0.39, 0.29) is 0 Å². The maximum atomic E-state index is 5.75. The Labute approximate surface area is 109 Å². The van der Waals surface area contributed by atoms with E-state index in [9.17, 15) is 0 Å². The van der Waals surface area contributed by atoms with Crippen molar-refractivity contribution in [1.82, 2.24) is 0 Å². The van der Waals surface area contributed by atoms with Gasteiger partial charge in [-0.25, -0.2) is 0 Å². The van der Waals surface area contributed by atoms with Crippen molar-refractivity contribution in [2.45, 2.75) is 9.79 Å². The normalized spacial score (nSPS) is 15.3. The van der Waals surface area contributed by atoms with Crippen LogP contribution in [-0.4, -0.2) is 13.2 Å². The highest BCUT2D eigenvalue weighted by atomic mass is 32.2. The molecule has 90 valence electrons. The van der Waals surface area contributed by atoms with Crippen molar-refractivity contribution < 1.29 is 9.47 Å². The predicted molar refractivity (Wildman–Crippen MR) is 71.3 cm³/mol.